The van der Waals surface area contributed by atoms with Crippen molar-refractivity contribution in [2.45, 2.75) is 6.54 Å². The Morgan fingerprint density at radius 3 is 2.56 bits per heavy atom. The fourth-order valence-corrected chi connectivity index (χ4v) is 2.43. The molecule has 25 heavy (non-hydrogen) atoms. The fourth-order valence-electron chi connectivity index (χ4n) is 2.43. The van der Waals surface area contributed by atoms with Gasteiger partial charge in [-0.05, 0) is 17.7 Å². The van der Waals surface area contributed by atoms with Crippen LogP contribution < -0.4 is 15.4 Å². The van der Waals surface area contributed by atoms with Gasteiger partial charge in [-0.25, -0.2) is 4.79 Å². The van der Waals surface area contributed by atoms with Crippen LogP contribution in [-0.2, 0) is 11.3 Å². The second-order valence-corrected chi connectivity index (χ2v) is 5.38. The first-order chi connectivity index (χ1) is 11.5. The average Bonchev–Trinajstić information content (AvgIpc) is 2.91. The van der Waals surface area contributed by atoms with Gasteiger partial charge >= 0.3 is 6.03 Å². The number of ether oxygens (including phenoxy) is 1. The molecule has 138 valence electrons. The summed E-state index contributed by atoms with van der Waals surface area (Å²) in [6, 6.07) is 7.47. The van der Waals surface area contributed by atoms with Gasteiger partial charge in [0.2, 0.25) is 5.91 Å². The van der Waals surface area contributed by atoms with Crippen LogP contribution in [0.4, 0.5) is 4.79 Å². The first kappa shape index (κ1) is 21.0. The van der Waals surface area contributed by atoms with Gasteiger partial charge in [0, 0.05) is 33.7 Å². The second kappa shape index (κ2) is 10.1. The van der Waals surface area contributed by atoms with Crippen LogP contribution in [0.3, 0.4) is 0 Å². The molecular formula is C16H24IN5O3. The molecule has 0 saturated carbocycles. The quantitative estimate of drug-likeness (QED) is 0.284. The van der Waals surface area contributed by atoms with Gasteiger partial charge in [-0.15, -0.1) is 24.0 Å². The molecule has 1 aromatic carbocycles. The van der Waals surface area contributed by atoms with Crippen LogP contribution in [0.15, 0.2) is 29.3 Å². The molecule has 8 nitrogen and oxygen atoms in total. The van der Waals surface area contributed by atoms with E-state index in [9.17, 15) is 9.59 Å². The second-order valence-electron chi connectivity index (χ2n) is 5.38. The predicted molar refractivity (Wildman–Crippen MR) is 106 cm³/mol. The Morgan fingerprint density at radius 2 is 2.04 bits per heavy atom. The maximum Gasteiger partial charge on any atom is 0.324 e. The van der Waals surface area contributed by atoms with Crippen molar-refractivity contribution < 1.29 is 14.3 Å². The number of nitrogens with one attached hydrogen (secondary N) is 2. The highest BCUT2D eigenvalue weighted by atomic mass is 127. The van der Waals surface area contributed by atoms with Crippen LogP contribution in [0.5, 0.6) is 5.75 Å². The lowest BCUT2D eigenvalue weighted by Gasteiger charge is -2.23. The lowest BCUT2D eigenvalue weighted by atomic mass is 10.2. The topological polar surface area (TPSA) is 86.3 Å². The summed E-state index contributed by atoms with van der Waals surface area (Å²) in [5.74, 6) is 1.30. The zero-order valence-electron chi connectivity index (χ0n) is 14.6. The maximum absolute atomic E-state index is 11.5. The Bertz CT molecular complexity index is 605. The van der Waals surface area contributed by atoms with Crippen molar-refractivity contribution >= 4 is 41.9 Å². The molecule has 0 spiro atoms. The molecule has 0 unspecified atom stereocenters. The average molecular weight is 461 g/mol. The molecule has 3 amide bonds. The van der Waals surface area contributed by atoms with Crippen LogP contribution >= 0.6 is 24.0 Å². The number of amides is 3. The number of aliphatic imine (C=N–C) groups is 1. The summed E-state index contributed by atoms with van der Waals surface area (Å²) in [4.78, 5) is 30.4. The monoisotopic (exact) mass is 461 g/mol. The molecule has 2 N–H and O–H groups in total. The van der Waals surface area contributed by atoms with Crippen LogP contribution in [0.2, 0.25) is 0 Å². The van der Waals surface area contributed by atoms with E-state index in [1.54, 1.807) is 14.2 Å². The highest BCUT2D eigenvalue weighted by Gasteiger charge is 2.27. The van der Waals surface area contributed by atoms with E-state index in [4.69, 9.17) is 4.74 Å². The molecule has 1 aliphatic heterocycles. The molecule has 1 saturated heterocycles. The lowest BCUT2D eigenvalue weighted by Crippen LogP contribution is -2.43. The van der Waals surface area contributed by atoms with E-state index in [-0.39, 0.29) is 42.5 Å². The molecule has 0 aromatic heterocycles. The van der Waals surface area contributed by atoms with Crippen molar-refractivity contribution in [3.63, 3.8) is 0 Å². The number of methoxy groups -OCH3 is 1. The molecule has 0 atom stereocenters. The van der Waals surface area contributed by atoms with Gasteiger partial charge < -0.3 is 20.3 Å². The zero-order valence-corrected chi connectivity index (χ0v) is 16.9. The smallest absolute Gasteiger partial charge is 0.324 e. The van der Waals surface area contributed by atoms with Crippen LogP contribution in [0.25, 0.3) is 0 Å². The fraction of sp³-hybridized carbons (Fsp3) is 0.438. The zero-order chi connectivity index (χ0) is 17.5. The third-order valence-corrected chi connectivity index (χ3v) is 3.71. The number of carbonyl (C=O) groups excluding carboxylic acids is 2. The summed E-state index contributed by atoms with van der Waals surface area (Å²) in [5.41, 5.74) is 1.12. The van der Waals surface area contributed by atoms with Crippen molar-refractivity contribution in [1.29, 1.82) is 0 Å². The minimum atomic E-state index is -0.344. The summed E-state index contributed by atoms with van der Waals surface area (Å²) < 4.78 is 5.15. The lowest BCUT2D eigenvalue weighted by molar-refractivity contribution is -0.124. The highest BCUT2D eigenvalue weighted by molar-refractivity contribution is 14.0. The standard InChI is InChI=1S/C16H23N5O3.HI/c1-17-15(18-8-9-21-14(22)10-19-16(21)23)20(2)11-12-4-6-13(24-3)7-5-12;/h4-7H,8-11H2,1-3H3,(H,17,18)(H,19,23);1H. The Morgan fingerprint density at radius 1 is 1.36 bits per heavy atom. The van der Waals surface area contributed by atoms with Crippen molar-refractivity contribution in [2.24, 2.45) is 4.99 Å². The molecule has 0 radical (unpaired) electrons. The summed E-state index contributed by atoms with van der Waals surface area (Å²) in [6.45, 7) is 1.50. The molecule has 0 aliphatic carbocycles. The third-order valence-electron chi connectivity index (χ3n) is 3.71. The molecule has 0 bridgehead atoms. The van der Waals surface area contributed by atoms with Gasteiger partial charge in [-0.1, -0.05) is 12.1 Å². The van der Waals surface area contributed by atoms with Crippen molar-refractivity contribution in [1.82, 2.24) is 20.4 Å². The van der Waals surface area contributed by atoms with E-state index in [1.807, 2.05) is 36.2 Å². The van der Waals surface area contributed by atoms with E-state index in [0.29, 0.717) is 25.6 Å². The van der Waals surface area contributed by atoms with Crippen molar-refractivity contribution in [3.8, 4) is 5.75 Å². The molecule has 1 aliphatic rings. The van der Waals surface area contributed by atoms with E-state index >= 15 is 0 Å². The molecule has 9 heteroatoms. The van der Waals surface area contributed by atoms with E-state index in [1.165, 1.54) is 4.90 Å². The molecule has 1 fully saturated rings. The van der Waals surface area contributed by atoms with Gasteiger partial charge in [-0.2, -0.15) is 0 Å². The Kier molecular flexibility index (Phi) is 8.46. The van der Waals surface area contributed by atoms with Crippen LogP contribution in [0.1, 0.15) is 5.56 Å². The summed E-state index contributed by atoms with van der Waals surface area (Å²) in [7, 11) is 5.26. The Balaban J connectivity index is 0.00000312. The maximum atomic E-state index is 11.5. The van der Waals surface area contributed by atoms with E-state index in [0.717, 1.165) is 11.3 Å². The largest absolute Gasteiger partial charge is 0.497 e. The third kappa shape index (κ3) is 5.76. The number of guanidine groups is 1. The predicted octanol–water partition coefficient (Wildman–Crippen LogP) is 0.872. The number of imide groups is 1. The Labute approximate surface area is 164 Å². The number of benzene rings is 1. The van der Waals surface area contributed by atoms with Crippen LogP contribution in [0, 0.1) is 0 Å². The first-order valence-corrected chi connectivity index (χ1v) is 7.68. The number of urea groups is 1. The molecule has 2 rings (SSSR count). The normalized spacial score (nSPS) is 14.0. The number of rotatable bonds is 6. The number of hydrogen-bond donors (Lipinski definition) is 2. The van der Waals surface area contributed by atoms with Crippen molar-refractivity contribution in [2.75, 3.05) is 40.8 Å². The number of carbonyl (C=O) groups is 2. The number of nitrogens with zero attached hydrogens (tertiary/aromatic N) is 3. The first-order valence-electron chi connectivity index (χ1n) is 7.68. The number of halogens is 1. The Hall–Kier alpha value is -2.04. The summed E-state index contributed by atoms with van der Waals surface area (Å²) >= 11 is 0. The molecule has 1 aromatic rings. The number of hydrogen-bond acceptors (Lipinski definition) is 4. The molecule has 1 heterocycles. The minimum Gasteiger partial charge on any atom is -0.497 e. The van der Waals surface area contributed by atoms with Gasteiger partial charge in [0.15, 0.2) is 5.96 Å². The van der Waals surface area contributed by atoms with Crippen molar-refractivity contribution in [3.05, 3.63) is 29.8 Å². The molecular weight excluding hydrogens is 437 g/mol. The SMILES string of the molecule is CN=C(NCCN1C(=O)CNC1=O)N(C)Cc1ccc(OC)cc1.I. The highest BCUT2D eigenvalue weighted by Crippen LogP contribution is 2.12. The van der Waals surface area contributed by atoms with Gasteiger partial charge in [-0.3, -0.25) is 14.7 Å². The minimum absolute atomic E-state index is 0. The summed E-state index contributed by atoms with van der Waals surface area (Å²) in [5, 5.41) is 5.65. The summed E-state index contributed by atoms with van der Waals surface area (Å²) in [6.07, 6.45) is 0. The van der Waals surface area contributed by atoms with Gasteiger partial charge in [0.25, 0.3) is 0 Å². The van der Waals surface area contributed by atoms with E-state index < -0.39 is 0 Å². The van der Waals surface area contributed by atoms with Gasteiger partial charge in [0.05, 0.1) is 13.7 Å². The van der Waals surface area contributed by atoms with Gasteiger partial charge in [0.1, 0.15) is 5.75 Å². The van der Waals surface area contributed by atoms with E-state index in [2.05, 4.69) is 15.6 Å². The van der Waals surface area contributed by atoms with Crippen LogP contribution in [-0.4, -0.2) is 68.5 Å².